The number of nitrogens with one attached hydrogen (secondary N) is 3. The summed E-state index contributed by atoms with van der Waals surface area (Å²) in [4.78, 5) is 18.2. The number of pyridine rings is 1. The normalized spacial score (nSPS) is 16.6. The molecule has 5 nitrogen and oxygen atoms in total. The summed E-state index contributed by atoms with van der Waals surface area (Å²) in [6, 6.07) is 12.3. The highest BCUT2D eigenvalue weighted by Gasteiger charge is 2.33. The summed E-state index contributed by atoms with van der Waals surface area (Å²) in [7, 11) is 0. The summed E-state index contributed by atoms with van der Waals surface area (Å²) >= 11 is 0. The second kappa shape index (κ2) is 8.60. The van der Waals surface area contributed by atoms with Gasteiger partial charge < -0.3 is 10.2 Å². The van der Waals surface area contributed by atoms with Gasteiger partial charge in [0.05, 0.1) is 11.6 Å². The van der Waals surface area contributed by atoms with Gasteiger partial charge in [-0.05, 0) is 18.6 Å². The summed E-state index contributed by atoms with van der Waals surface area (Å²) in [6.07, 6.45) is -3.35. The molecular formula is C20H25F3N4O+2. The van der Waals surface area contributed by atoms with Crippen LogP contribution >= 0.6 is 0 Å². The smallest absolute Gasteiger partial charge is 0.345 e. The highest BCUT2D eigenvalue weighted by atomic mass is 19.4. The number of hydrogen-bond acceptors (Lipinski definition) is 2. The van der Waals surface area contributed by atoms with E-state index in [9.17, 15) is 18.0 Å². The third-order valence-corrected chi connectivity index (χ3v) is 5.02. The Labute approximate surface area is 162 Å². The van der Waals surface area contributed by atoms with Crippen molar-refractivity contribution in [3.63, 3.8) is 0 Å². The van der Waals surface area contributed by atoms with Crippen molar-refractivity contribution in [3.8, 4) is 0 Å². The second-order valence-electron chi connectivity index (χ2n) is 7.07. The molecule has 2 aromatic rings. The maximum absolute atomic E-state index is 12.7. The molecular weight excluding hydrogens is 369 g/mol. The zero-order chi connectivity index (χ0) is 20.1. The molecule has 1 fully saturated rings. The van der Waals surface area contributed by atoms with Crippen molar-refractivity contribution in [2.45, 2.75) is 19.1 Å². The molecule has 0 aliphatic carbocycles. The molecule has 3 N–H and O–H groups in total. The fourth-order valence-corrected chi connectivity index (χ4v) is 3.37. The molecule has 2 heterocycles. The van der Waals surface area contributed by atoms with Gasteiger partial charge in [-0.3, -0.25) is 9.69 Å². The minimum Gasteiger partial charge on any atom is -0.345 e. The molecule has 1 aromatic carbocycles. The topological polar surface area (TPSA) is 50.9 Å². The number of aromatic amines is 1. The van der Waals surface area contributed by atoms with Gasteiger partial charge in [0, 0.05) is 6.07 Å². The van der Waals surface area contributed by atoms with E-state index in [1.165, 1.54) is 11.0 Å². The van der Waals surface area contributed by atoms with Crippen LogP contribution in [0.5, 0.6) is 0 Å². The summed E-state index contributed by atoms with van der Waals surface area (Å²) in [5.41, 5.74) is 0.373. The van der Waals surface area contributed by atoms with Crippen LogP contribution < -0.4 is 20.1 Å². The molecule has 0 saturated carbocycles. The number of quaternary nitrogens is 1. The van der Waals surface area contributed by atoms with E-state index in [1.807, 2.05) is 42.2 Å². The Hall–Kier alpha value is -2.61. The lowest BCUT2D eigenvalue weighted by Gasteiger charge is -2.28. The van der Waals surface area contributed by atoms with Crippen LogP contribution in [-0.4, -0.2) is 38.6 Å². The molecule has 0 radical (unpaired) electrons. The summed E-state index contributed by atoms with van der Waals surface area (Å²) in [6.45, 7) is 5.21. The predicted octanol–water partition coefficient (Wildman–Crippen LogP) is 1.10. The Balaban J connectivity index is 1.47. The zero-order valence-electron chi connectivity index (χ0n) is 15.7. The summed E-state index contributed by atoms with van der Waals surface area (Å²) < 4.78 is 38.0. The third-order valence-electron chi connectivity index (χ3n) is 5.02. The van der Waals surface area contributed by atoms with Crippen molar-refractivity contribution in [2.24, 2.45) is 0 Å². The van der Waals surface area contributed by atoms with Crippen molar-refractivity contribution in [1.29, 1.82) is 0 Å². The molecule has 1 saturated heterocycles. The van der Waals surface area contributed by atoms with Gasteiger partial charge in [0.15, 0.2) is 6.54 Å². The van der Waals surface area contributed by atoms with Crippen molar-refractivity contribution >= 4 is 11.7 Å². The molecule has 1 aromatic heterocycles. The first-order valence-electron chi connectivity index (χ1n) is 9.34. The molecule has 1 atom stereocenters. The first kappa shape index (κ1) is 20.1. The number of nitrogens with zero attached hydrogens (tertiary/aromatic N) is 1. The maximum Gasteiger partial charge on any atom is 0.419 e. The third kappa shape index (κ3) is 5.22. The Kier molecular flexibility index (Phi) is 6.18. The zero-order valence-corrected chi connectivity index (χ0v) is 15.7. The van der Waals surface area contributed by atoms with Crippen LogP contribution in [0.15, 0.2) is 48.7 Å². The van der Waals surface area contributed by atoms with Crippen LogP contribution in [0, 0.1) is 0 Å². The SMILES string of the molecule is C[C@H](NC(=O)C[NH+]1CCN(c2ccc(C(F)(F)F)c[nH+]2)CC1)c1ccccc1. The number of anilines is 1. The Bertz CT molecular complexity index is 772. The number of halogens is 3. The molecule has 1 aliphatic rings. The molecule has 150 valence electrons. The van der Waals surface area contributed by atoms with Crippen LogP contribution in [0.3, 0.4) is 0 Å². The molecule has 8 heteroatoms. The first-order chi connectivity index (χ1) is 13.3. The highest BCUT2D eigenvalue weighted by Crippen LogP contribution is 2.28. The summed E-state index contributed by atoms with van der Waals surface area (Å²) in [5.74, 6) is 0.662. The molecule has 28 heavy (non-hydrogen) atoms. The van der Waals surface area contributed by atoms with E-state index in [1.54, 1.807) is 0 Å². The molecule has 1 amide bonds. The van der Waals surface area contributed by atoms with Crippen molar-refractivity contribution in [1.82, 2.24) is 5.32 Å². The van der Waals surface area contributed by atoms with E-state index < -0.39 is 11.7 Å². The molecule has 0 spiro atoms. The Morgan fingerprint density at radius 2 is 1.86 bits per heavy atom. The van der Waals surface area contributed by atoms with Gasteiger partial charge in [-0.15, -0.1) is 0 Å². The van der Waals surface area contributed by atoms with Gasteiger partial charge in [-0.1, -0.05) is 30.3 Å². The van der Waals surface area contributed by atoms with Crippen LogP contribution in [0.4, 0.5) is 19.0 Å². The lowest BCUT2D eigenvalue weighted by Crippen LogP contribution is -3.16. The van der Waals surface area contributed by atoms with Gasteiger partial charge in [0.2, 0.25) is 0 Å². The quantitative estimate of drug-likeness (QED) is 0.798. The molecule has 3 rings (SSSR count). The average Bonchev–Trinajstić information content (AvgIpc) is 2.68. The number of piperazine rings is 1. The van der Waals surface area contributed by atoms with E-state index in [2.05, 4.69) is 10.3 Å². The maximum atomic E-state index is 12.7. The lowest BCUT2D eigenvalue weighted by atomic mass is 10.1. The van der Waals surface area contributed by atoms with E-state index in [-0.39, 0.29) is 11.9 Å². The molecule has 0 unspecified atom stereocenters. The van der Waals surface area contributed by atoms with Crippen molar-refractivity contribution < 1.29 is 27.8 Å². The number of benzene rings is 1. The van der Waals surface area contributed by atoms with E-state index >= 15 is 0 Å². The number of carbonyl (C=O) groups excluding carboxylic acids is 1. The Morgan fingerprint density at radius 1 is 1.18 bits per heavy atom. The monoisotopic (exact) mass is 394 g/mol. The number of amides is 1. The van der Waals surface area contributed by atoms with Gasteiger partial charge >= 0.3 is 6.18 Å². The average molecular weight is 394 g/mol. The number of hydrogen-bond donors (Lipinski definition) is 2. The standard InChI is InChI=1S/C20H23F3N4O/c1-15(16-5-3-2-4-6-16)25-19(28)14-26-9-11-27(12-10-26)18-8-7-17(13-24-18)20(21,22)23/h2-8,13,15H,9-12,14H2,1H3,(H,25,28)/p+2/t15-/m0/s1. The second-order valence-corrected chi connectivity index (χ2v) is 7.07. The van der Waals surface area contributed by atoms with Crippen LogP contribution in [0.1, 0.15) is 24.1 Å². The van der Waals surface area contributed by atoms with Crippen LogP contribution in [-0.2, 0) is 11.0 Å². The fraction of sp³-hybridized carbons (Fsp3) is 0.400. The number of rotatable bonds is 5. The predicted molar refractivity (Wildman–Crippen MR) is 98.8 cm³/mol. The van der Waals surface area contributed by atoms with Gasteiger partial charge in [0.25, 0.3) is 11.7 Å². The fourth-order valence-electron chi connectivity index (χ4n) is 3.37. The van der Waals surface area contributed by atoms with Gasteiger partial charge in [-0.25, -0.2) is 4.98 Å². The van der Waals surface area contributed by atoms with Crippen molar-refractivity contribution in [2.75, 3.05) is 37.6 Å². The lowest BCUT2D eigenvalue weighted by molar-refractivity contribution is -0.892. The number of carbonyl (C=O) groups is 1. The minimum atomic E-state index is -4.35. The van der Waals surface area contributed by atoms with Crippen LogP contribution in [0.2, 0.25) is 0 Å². The highest BCUT2D eigenvalue weighted by molar-refractivity contribution is 5.77. The summed E-state index contributed by atoms with van der Waals surface area (Å²) in [5, 5.41) is 3.02. The number of alkyl halides is 3. The van der Waals surface area contributed by atoms with Gasteiger partial charge in [0.1, 0.15) is 32.4 Å². The largest absolute Gasteiger partial charge is 0.419 e. The molecule has 0 bridgehead atoms. The van der Waals surface area contributed by atoms with Crippen LogP contribution in [0.25, 0.3) is 0 Å². The van der Waals surface area contributed by atoms with Gasteiger partial charge in [-0.2, -0.15) is 13.2 Å². The van der Waals surface area contributed by atoms with Crippen molar-refractivity contribution in [3.05, 3.63) is 59.8 Å². The van der Waals surface area contributed by atoms with E-state index in [0.29, 0.717) is 25.5 Å². The Morgan fingerprint density at radius 3 is 2.43 bits per heavy atom. The first-order valence-corrected chi connectivity index (χ1v) is 9.34. The van der Waals surface area contributed by atoms with E-state index in [0.717, 1.165) is 30.9 Å². The molecule has 1 aliphatic heterocycles. The van der Waals surface area contributed by atoms with E-state index in [4.69, 9.17) is 0 Å². The number of H-pyrrole nitrogens is 1. The minimum absolute atomic E-state index is 0.000829. The number of aromatic nitrogens is 1.